The minimum Gasteiger partial charge on any atom is -0.325 e. The molecule has 3 rings (SSSR count). The molecule has 0 saturated carbocycles. The SMILES string of the molecule is C(#Cc1ccc(C#CC[NH+]2CCCCC2)cc1)C[NH+]1CCCCC1. The second-order valence-electron chi connectivity index (χ2n) is 7.16. The van der Waals surface area contributed by atoms with Crippen molar-refractivity contribution in [3.63, 3.8) is 0 Å². The van der Waals surface area contributed by atoms with Crippen LogP contribution >= 0.6 is 0 Å². The first kappa shape index (κ1) is 17.1. The van der Waals surface area contributed by atoms with Crippen LogP contribution in [0.5, 0.6) is 0 Å². The highest BCUT2D eigenvalue weighted by Gasteiger charge is 2.11. The van der Waals surface area contributed by atoms with Crippen LogP contribution in [0.4, 0.5) is 0 Å². The van der Waals surface area contributed by atoms with Gasteiger partial charge in [-0.1, -0.05) is 11.8 Å². The van der Waals surface area contributed by atoms with Crippen molar-refractivity contribution in [1.29, 1.82) is 0 Å². The van der Waals surface area contributed by atoms with Crippen LogP contribution in [0.1, 0.15) is 49.7 Å². The molecule has 0 bridgehead atoms. The average molecular weight is 322 g/mol. The van der Waals surface area contributed by atoms with Gasteiger partial charge in [-0.25, -0.2) is 0 Å². The van der Waals surface area contributed by atoms with Crippen molar-refractivity contribution in [2.45, 2.75) is 38.5 Å². The van der Waals surface area contributed by atoms with Crippen LogP contribution in [0.2, 0.25) is 0 Å². The average Bonchev–Trinajstić information content (AvgIpc) is 2.65. The lowest BCUT2D eigenvalue weighted by Gasteiger charge is -2.20. The predicted molar refractivity (Wildman–Crippen MR) is 99.0 cm³/mol. The van der Waals surface area contributed by atoms with Crippen LogP contribution in [0.3, 0.4) is 0 Å². The molecule has 2 saturated heterocycles. The van der Waals surface area contributed by atoms with Crippen LogP contribution < -0.4 is 9.80 Å². The molecular weight excluding hydrogens is 292 g/mol. The Kier molecular flexibility index (Phi) is 6.79. The van der Waals surface area contributed by atoms with Gasteiger partial charge in [-0.2, -0.15) is 0 Å². The van der Waals surface area contributed by atoms with E-state index in [4.69, 9.17) is 0 Å². The lowest BCUT2D eigenvalue weighted by Crippen LogP contribution is -3.12. The highest BCUT2D eigenvalue weighted by atomic mass is 15.1. The summed E-state index contributed by atoms with van der Waals surface area (Å²) in [6, 6.07) is 8.43. The molecule has 0 atom stereocenters. The molecule has 0 unspecified atom stereocenters. The van der Waals surface area contributed by atoms with Crippen molar-refractivity contribution in [1.82, 2.24) is 0 Å². The molecule has 1 aromatic rings. The summed E-state index contributed by atoms with van der Waals surface area (Å²) in [7, 11) is 0. The summed E-state index contributed by atoms with van der Waals surface area (Å²) in [5.74, 6) is 13.3. The Morgan fingerprint density at radius 2 is 0.958 bits per heavy atom. The number of benzene rings is 1. The van der Waals surface area contributed by atoms with Crippen LogP contribution in [0.25, 0.3) is 0 Å². The molecule has 0 aromatic heterocycles. The summed E-state index contributed by atoms with van der Waals surface area (Å²) in [6.45, 7) is 7.15. The van der Waals surface area contributed by atoms with Crippen molar-refractivity contribution in [2.75, 3.05) is 39.3 Å². The Bertz CT molecular complexity index is 555. The molecule has 24 heavy (non-hydrogen) atoms. The van der Waals surface area contributed by atoms with Gasteiger partial charge in [0, 0.05) is 11.1 Å². The number of likely N-dealkylation sites (tertiary alicyclic amines) is 2. The molecule has 2 aliphatic heterocycles. The molecule has 2 N–H and O–H groups in total. The lowest BCUT2D eigenvalue weighted by atomic mass is 10.1. The smallest absolute Gasteiger partial charge is 0.139 e. The molecule has 0 spiro atoms. The number of nitrogens with one attached hydrogen (secondary N) is 2. The van der Waals surface area contributed by atoms with E-state index in [9.17, 15) is 0 Å². The Labute approximate surface area is 147 Å². The fourth-order valence-electron chi connectivity index (χ4n) is 3.64. The Morgan fingerprint density at radius 3 is 1.33 bits per heavy atom. The monoisotopic (exact) mass is 322 g/mol. The summed E-state index contributed by atoms with van der Waals surface area (Å²) in [6.07, 6.45) is 8.26. The van der Waals surface area contributed by atoms with E-state index in [-0.39, 0.29) is 0 Å². The quantitative estimate of drug-likeness (QED) is 0.735. The zero-order valence-corrected chi connectivity index (χ0v) is 14.8. The largest absolute Gasteiger partial charge is 0.325 e. The predicted octanol–water partition coefficient (Wildman–Crippen LogP) is 0.527. The fourth-order valence-corrected chi connectivity index (χ4v) is 3.64. The van der Waals surface area contributed by atoms with Crippen molar-refractivity contribution in [3.8, 4) is 23.7 Å². The maximum Gasteiger partial charge on any atom is 0.139 e. The molecule has 2 nitrogen and oxygen atoms in total. The summed E-state index contributed by atoms with van der Waals surface area (Å²) < 4.78 is 0. The normalized spacial score (nSPS) is 19.0. The lowest BCUT2D eigenvalue weighted by molar-refractivity contribution is -0.897. The minimum atomic E-state index is 0.986. The number of hydrogen-bond donors (Lipinski definition) is 2. The van der Waals surface area contributed by atoms with E-state index < -0.39 is 0 Å². The van der Waals surface area contributed by atoms with Crippen LogP contribution in [0.15, 0.2) is 24.3 Å². The molecule has 2 heteroatoms. The summed E-state index contributed by atoms with van der Waals surface area (Å²) in [5.41, 5.74) is 2.22. The Hall–Kier alpha value is -1.74. The van der Waals surface area contributed by atoms with Gasteiger partial charge in [0.2, 0.25) is 0 Å². The molecule has 0 amide bonds. The Balaban J connectivity index is 1.46. The first-order valence-corrected chi connectivity index (χ1v) is 9.65. The van der Waals surface area contributed by atoms with Crippen molar-refractivity contribution in [2.24, 2.45) is 0 Å². The third kappa shape index (κ3) is 5.72. The van der Waals surface area contributed by atoms with Gasteiger partial charge in [0.05, 0.1) is 26.2 Å². The second-order valence-corrected chi connectivity index (χ2v) is 7.16. The van der Waals surface area contributed by atoms with Crippen molar-refractivity contribution in [3.05, 3.63) is 35.4 Å². The molecule has 0 radical (unpaired) electrons. The topological polar surface area (TPSA) is 8.88 Å². The van der Waals surface area contributed by atoms with Gasteiger partial charge in [-0.05, 0) is 74.6 Å². The van der Waals surface area contributed by atoms with Gasteiger partial charge in [0.1, 0.15) is 13.1 Å². The molecule has 0 aliphatic carbocycles. The number of hydrogen-bond acceptors (Lipinski definition) is 0. The Morgan fingerprint density at radius 1 is 0.583 bits per heavy atom. The third-order valence-electron chi connectivity index (χ3n) is 5.15. The van der Waals surface area contributed by atoms with Crippen molar-refractivity contribution < 1.29 is 9.80 Å². The van der Waals surface area contributed by atoms with Gasteiger partial charge < -0.3 is 9.80 Å². The molecule has 2 fully saturated rings. The van der Waals surface area contributed by atoms with E-state index in [1.807, 2.05) is 0 Å². The van der Waals surface area contributed by atoms with Crippen molar-refractivity contribution >= 4 is 0 Å². The second kappa shape index (κ2) is 9.53. The van der Waals surface area contributed by atoms with E-state index >= 15 is 0 Å². The van der Waals surface area contributed by atoms with E-state index in [0.717, 1.165) is 24.2 Å². The maximum absolute atomic E-state index is 3.35. The van der Waals surface area contributed by atoms with Crippen LogP contribution in [0, 0.1) is 23.7 Å². The van der Waals surface area contributed by atoms with Gasteiger partial charge in [0.15, 0.2) is 0 Å². The molecule has 1 aromatic carbocycles. The molecule has 2 heterocycles. The molecule has 2 aliphatic rings. The molecular formula is C22H30N2+2. The van der Waals surface area contributed by atoms with E-state index in [2.05, 4.69) is 47.9 Å². The number of quaternary nitrogens is 2. The summed E-state index contributed by atoms with van der Waals surface area (Å²) >= 11 is 0. The van der Waals surface area contributed by atoms with E-state index in [0.29, 0.717) is 0 Å². The van der Waals surface area contributed by atoms with E-state index in [1.165, 1.54) is 64.7 Å². The van der Waals surface area contributed by atoms with Gasteiger partial charge in [-0.3, -0.25) is 0 Å². The highest BCUT2D eigenvalue weighted by Crippen LogP contribution is 2.01. The minimum absolute atomic E-state index is 0.986. The zero-order chi connectivity index (χ0) is 16.5. The first-order chi connectivity index (χ1) is 11.9. The van der Waals surface area contributed by atoms with Gasteiger partial charge >= 0.3 is 0 Å². The third-order valence-corrected chi connectivity index (χ3v) is 5.15. The summed E-state index contributed by atoms with van der Waals surface area (Å²) in [4.78, 5) is 3.30. The maximum atomic E-state index is 3.35. The fraction of sp³-hybridized carbons (Fsp3) is 0.545. The molecule has 126 valence electrons. The van der Waals surface area contributed by atoms with Crippen LogP contribution in [-0.2, 0) is 0 Å². The number of piperidine rings is 2. The van der Waals surface area contributed by atoms with Crippen LogP contribution in [-0.4, -0.2) is 39.3 Å². The first-order valence-electron chi connectivity index (χ1n) is 9.65. The zero-order valence-electron chi connectivity index (χ0n) is 14.8. The van der Waals surface area contributed by atoms with E-state index in [1.54, 1.807) is 9.80 Å². The van der Waals surface area contributed by atoms with Gasteiger partial charge in [0.25, 0.3) is 0 Å². The summed E-state index contributed by atoms with van der Waals surface area (Å²) in [5, 5.41) is 0. The highest BCUT2D eigenvalue weighted by molar-refractivity contribution is 5.41. The standard InChI is InChI=1S/C22H28N2/c1-3-15-23(16-4-1)19-7-9-21-11-13-22(14-12-21)10-8-20-24-17-5-2-6-18-24/h11-14H,1-6,15-20H2/p+2. The van der Waals surface area contributed by atoms with Gasteiger partial charge in [-0.15, -0.1) is 0 Å². The number of rotatable bonds is 2.